The number of amides is 1. The highest BCUT2D eigenvalue weighted by Crippen LogP contribution is 2.36. The molecule has 1 aliphatic rings. The molecular weight excluding hydrogens is 372 g/mol. The molecule has 1 aliphatic heterocycles. The molecule has 144 valence electrons. The van der Waals surface area contributed by atoms with E-state index in [1.165, 1.54) is 0 Å². The van der Waals surface area contributed by atoms with Gasteiger partial charge < -0.3 is 14.4 Å². The summed E-state index contributed by atoms with van der Waals surface area (Å²) in [6.45, 7) is 0.755. The Morgan fingerprint density at radius 3 is 2.64 bits per heavy atom. The SMILES string of the molecule is COc1cc(C=CC(=O)N2CCCC2c2nc3ccccc3s2)cc(OC)c1. The summed E-state index contributed by atoms with van der Waals surface area (Å²) in [5.41, 5.74) is 1.86. The van der Waals surface area contributed by atoms with E-state index < -0.39 is 0 Å². The molecule has 2 aromatic carbocycles. The summed E-state index contributed by atoms with van der Waals surface area (Å²) in [7, 11) is 3.22. The maximum atomic E-state index is 12.9. The first-order valence-corrected chi connectivity index (χ1v) is 10.1. The number of likely N-dealkylation sites (tertiary alicyclic amines) is 1. The lowest BCUT2D eigenvalue weighted by Gasteiger charge is -2.21. The van der Waals surface area contributed by atoms with Crippen LogP contribution in [0, 0.1) is 0 Å². The molecule has 3 aromatic rings. The Morgan fingerprint density at radius 2 is 1.93 bits per heavy atom. The Kier molecular flexibility index (Phi) is 5.30. The molecule has 1 unspecified atom stereocenters. The van der Waals surface area contributed by atoms with Crippen LogP contribution in [0.5, 0.6) is 11.5 Å². The van der Waals surface area contributed by atoms with Crippen molar-refractivity contribution in [1.29, 1.82) is 0 Å². The summed E-state index contributed by atoms with van der Waals surface area (Å²) in [6, 6.07) is 13.7. The van der Waals surface area contributed by atoms with Gasteiger partial charge in [-0.2, -0.15) is 0 Å². The van der Waals surface area contributed by atoms with Crippen LogP contribution in [0.25, 0.3) is 16.3 Å². The maximum absolute atomic E-state index is 12.9. The van der Waals surface area contributed by atoms with Gasteiger partial charge in [0.2, 0.25) is 5.91 Å². The van der Waals surface area contributed by atoms with Crippen molar-refractivity contribution in [2.75, 3.05) is 20.8 Å². The number of benzene rings is 2. The van der Waals surface area contributed by atoms with Crippen molar-refractivity contribution in [2.45, 2.75) is 18.9 Å². The third-order valence-corrected chi connectivity index (χ3v) is 6.06. The first-order chi connectivity index (χ1) is 13.7. The van der Waals surface area contributed by atoms with Gasteiger partial charge in [-0.05, 0) is 48.7 Å². The van der Waals surface area contributed by atoms with E-state index in [0.29, 0.717) is 11.5 Å². The first kappa shape index (κ1) is 18.5. The molecule has 1 saturated heterocycles. The molecule has 0 radical (unpaired) electrons. The van der Waals surface area contributed by atoms with E-state index in [1.807, 2.05) is 41.3 Å². The van der Waals surface area contributed by atoms with Crippen molar-refractivity contribution >= 4 is 33.5 Å². The summed E-state index contributed by atoms with van der Waals surface area (Å²) >= 11 is 1.68. The molecule has 0 N–H and O–H groups in total. The second-order valence-electron chi connectivity index (χ2n) is 6.69. The van der Waals surface area contributed by atoms with Crippen LogP contribution in [0.1, 0.15) is 29.5 Å². The minimum Gasteiger partial charge on any atom is -0.497 e. The molecule has 6 heteroatoms. The van der Waals surface area contributed by atoms with E-state index in [1.54, 1.807) is 37.7 Å². The summed E-state index contributed by atoms with van der Waals surface area (Å²) in [4.78, 5) is 19.6. The smallest absolute Gasteiger partial charge is 0.247 e. The summed E-state index contributed by atoms with van der Waals surface area (Å²) < 4.78 is 11.7. The number of hydrogen-bond acceptors (Lipinski definition) is 5. The van der Waals surface area contributed by atoms with Gasteiger partial charge in [-0.15, -0.1) is 11.3 Å². The number of hydrogen-bond donors (Lipinski definition) is 0. The van der Waals surface area contributed by atoms with Gasteiger partial charge in [-0.25, -0.2) is 4.98 Å². The Hall–Kier alpha value is -2.86. The molecule has 0 bridgehead atoms. The summed E-state index contributed by atoms with van der Waals surface area (Å²) in [5, 5.41) is 1.02. The molecule has 0 spiro atoms. The number of ether oxygens (including phenoxy) is 2. The summed E-state index contributed by atoms with van der Waals surface area (Å²) in [5.74, 6) is 1.39. The lowest BCUT2D eigenvalue weighted by atomic mass is 10.1. The average Bonchev–Trinajstić information content (AvgIpc) is 3.38. The van der Waals surface area contributed by atoms with Crippen molar-refractivity contribution in [3.05, 3.63) is 59.1 Å². The van der Waals surface area contributed by atoms with E-state index in [9.17, 15) is 4.79 Å². The van der Waals surface area contributed by atoms with Crippen LogP contribution in [0.3, 0.4) is 0 Å². The lowest BCUT2D eigenvalue weighted by Crippen LogP contribution is -2.28. The van der Waals surface area contributed by atoms with E-state index in [4.69, 9.17) is 14.5 Å². The zero-order chi connectivity index (χ0) is 19.5. The van der Waals surface area contributed by atoms with Crippen LogP contribution in [0.4, 0.5) is 0 Å². The van der Waals surface area contributed by atoms with Crippen LogP contribution in [0.2, 0.25) is 0 Å². The predicted molar refractivity (Wildman–Crippen MR) is 112 cm³/mol. The van der Waals surface area contributed by atoms with Crippen molar-refractivity contribution in [2.24, 2.45) is 0 Å². The summed E-state index contributed by atoms with van der Waals surface area (Å²) in [6.07, 6.45) is 5.38. The Morgan fingerprint density at radius 1 is 1.18 bits per heavy atom. The number of fused-ring (bicyclic) bond motifs is 1. The van der Waals surface area contributed by atoms with Gasteiger partial charge in [0.15, 0.2) is 0 Å². The zero-order valence-electron chi connectivity index (χ0n) is 15.9. The van der Waals surface area contributed by atoms with Crippen LogP contribution < -0.4 is 9.47 Å². The van der Waals surface area contributed by atoms with Crippen LogP contribution in [-0.4, -0.2) is 36.6 Å². The Bertz CT molecular complexity index is 972. The standard InChI is InChI=1S/C22H22N2O3S/c1-26-16-12-15(13-17(14-16)27-2)9-10-21(25)24-11-5-7-19(24)22-23-18-6-3-4-8-20(18)28-22/h3-4,6,8-10,12-14,19H,5,7,11H2,1-2H3. The van der Waals surface area contributed by atoms with Crippen molar-refractivity contribution in [3.63, 3.8) is 0 Å². The van der Waals surface area contributed by atoms with Gasteiger partial charge in [0.1, 0.15) is 16.5 Å². The predicted octanol–water partition coefficient (Wildman–Crippen LogP) is 4.69. The number of para-hydroxylation sites is 1. The average molecular weight is 394 g/mol. The Labute approximate surface area is 168 Å². The van der Waals surface area contributed by atoms with Crippen molar-refractivity contribution < 1.29 is 14.3 Å². The molecule has 28 heavy (non-hydrogen) atoms. The van der Waals surface area contributed by atoms with Gasteiger partial charge in [0, 0.05) is 18.7 Å². The third-order valence-electron chi connectivity index (χ3n) is 4.92. The monoisotopic (exact) mass is 394 g/mol. The van der Waals surface area contributed by atoms with Crippen molar-refractivity contribution in [3.8, 4) is 11.5 Å². The quantitative estimate of drug-likeness (QED) is 0.589. The van der Waals surface area contributed by atoms with Gasteiger partial charge in [-0.3, -0.25) is 4.79 Å². The minimum absolute atomic E-state index is 0.00328. The van der Waals surface area contributed by atoms with Crippen LogP contribution in [0.15, 0.2) is 48.5 Å². The van der Waals surface area contributed by atoms with Crippen molar-refractivity contribution in [1.82, 2.24) is 9.88 Å². The molecule has 1 fully saturated rings. The van der Waals surface area contributed by atoms with E-state index in [0.717, 1.165) is 40.2 Å². The number of carbonyl (C=O) groups excluding carboxylic acids is 1. The van der Waals surface area contributed by atoms with E-state index in [2.05, 4.69) is 6.07 Å². The molecule has 2 heterocycles. The minimum atomic E-state index is 0.00328. The van der Waals surface area contributed by atoms with Gasteiger partial charge in [0.25, 0.3) is 0 Å². The highest BCUT2D eigenvalue weighted by atomic mass is 32.1. The maximum Gasteiger partial charge on any atom is 0.247 e. The molecule has 5 nitrogen and oxygen atoms in total. The molecule has 1 aromatic heterocycles. The van der Waals surface area contributed by atoms with Crippen LogP contribution in [-0.2, 0) is 4.79 Å². The molecule has 1 atom stereocenters. The van der Waals surface area contributed by atoms with Gasteiger partial charge >= 0.3 is 0 Å². The Balaban J connectivity index is 1.54. The molecule has 0 aliphatic carbocycles. The first-order valence-electron chi connectivity index (χ1n) is 9.25. The fourth-order valence-corrected chi connectivity index (χ4v) is 4.62. The molecule has 4 rings (SSSR count). The number of methoxy groups -OCH3 is 2. The van der Waals surface area contributed by atoms with E-state index in [-0.39, 0.29) is 11.9 Å². The molecular formula is C22H22N2O3S. The topological polar surface area (TPSA) is 51.7 Å². The second-order valence-corrected chi connectivity index (χ2v) is 7.75. The third kappa shape index (κ3) is 3.73. The van der Waals surface area contributed by atoms with E-state index >= 15 is 0 Å². The van der Waals surface area contributed by atoms with Gasteiger partial charge in [0.05, 0.1) is 30.5 Å². The molecule has 1 amide bonds. The fourth-order valence-electron chi connectivity index (χ4n) is 3.51. The van der Waals surface area contributed by atoms with Gasteiger partial charge in [-0.1, -0.05) is 12.1 Å². The number of carbonyl (C=O) groups is 1. The number of aromatic nitrogens is 1. The number of thiazole rings is 1. The van der Waals surface area contributed by atoms with Crippen LogP contribution >= 0.6 is 11.3 Å². The number of rotatable bonds is 5. The second kappa shape index (κ2) is 8.02. The lowest BCUT2D eigenvalue weighted by molar-refractivity contribution is -0.126. The highest BCUT2D eigenvalue weighted by molar-refractivity contribution is 7.18. The fraction of sp³-hybridized carbons (Fsp3) is 0.273. The largest absolute Gasteiger partial charge is 0.497 e. The highest BCUT2D eigenvalue weighted by Gasteiger charge is 2.31. The number of nitrogens with zero attached hydrogens (tertiary/aromatic N) is 2. The zero-order valence-corrected chi connectivity index (χ0v) is 16.7. The normalized spacial score (nSPS) is 16.8. The molecule has 0 saturated carbocycles.